The van der Waals surface area contributed by atoms with Crippen molar-refractivity contribution in [2.45, 2.75) is 19.4 Å². The van der Waals surface area contributed by atoms with Gasteiger partial charge in [-0.3, -0.25) is 4.79 Å². The number of hydrogen-bond donors (Lipinski definition) is 1. The molecule has 8 heteroatoms. The Morgan fingerprint density at radius 3 is 2.59 bits per heavy atom. The summed E-state index contributed by atoms with van der Waals surface area (Å²) in [7, 11) is 0. The second-order valence-electron chi connectivity index (χ2n) is 7.68. The maximum atomic E-state index is 13.0. The molecule has 2 aromatic carbocycles. The van der Waals surface area contributed by atoms with Crippen molar-refractivity contribution in [1.82, 2.24) is 15.3 Å². The second-order valence-corrected chi connectivity index (χ2v) is 7.68. The Kier molecular flexibility index (Phi) is 7.34. The number of nitrogens with zero attached hydrogens (tertiary/aromatic N) is 2. The summed E-state index contributed by atoms with van der Waals surface area (Å²) in [5.74, 6) is 0.684. The molecule has 3 aromatic rings. The van der Waals surface area contributed by atoms with E-state index in [1.54, 1.807) is 30.5 Å². The summed E-state index contributed by atoms with van der Waals surface area (Å²) in [6.45, 7) is 2.46. The first-order valence-corrected chi connectivity index (χ1v) is 10.7. The molecule has 168 valence electrons. The van der Waals surface area contributed by atoms with E-state index in [1.807, 2.05) is 18.2 Å². The van der Waals surface area contributed by atoms with Gasteiger partial charge in [-0.1, -0.05) is 12.1 Å². The fraction of sp³-hybridized carbons (Fsp3) is 0.333. The topological polar surface area (TPSA) is 74.6 Å². The van der Waals surface area contributed by atoms with Crippen LogP contribution < -0.4 is 14.9 Å². The number of amides is 1. The average molecular weight is 439 g/mol. The SMILES string of the molecule is O=C(COc1ccc(-c2ccn(OCc3ccc(F)cc3)n2)cc1)NCC1CCOCC1. The van der Waals surface area contributed by atoms with Gasteiger partial charge < -0.3 is 19.6 Å². The number of carbonyl (C=O) groups is 1. The largest absolute Gasteiger partial charge is 0.484 e. The van der Waals surface area contributed by atoms with Gasteiger partial charge in [0.2, 0.25) is 0 Å². The summed E-state index contributed by atoms with van der Waals surface area (Å²) in [6, 6.07) is 15.3. The standard InChI is InChI=1S/C24H26FN3O4/c25-21-5-1-19(2-6-21)16-32-28-12-9-23(27-28)20-3-7-22(8-4-20)31-17-24(29)26-15-18-10-13-30-14-11-18/h1-9,12,18H,10-11,13-17H2,(H,26,29). The molecular formula is C24H26FN3O4. The van der Waals surface area contributed by atoms with E-state index in [4.69, 9.17) is 14.3 Å². The van der Waals surface area contributed by atoms with Crippen molar-refractivity contribution < 1.29 is 23.5 Å². The highest BCUT2D eigenvalue weighted by atomic mass is 19.1. The van der Waals surface area contributed by atoms with Gasteiger partial charge in [0.1, 0.15) is 18.2 Å². The molecule has 7 nitrogen and oxygen atoms in total. The molecule has 0 bridgehead atoms. The normalized spacial score (nSPS) is 14.2. The molecular weight excluding hydrogens is 413 g/mol. The number of benzene rings is 2. The molecule has 1 N–H and O–H groups in total. The number of carbonyl (C=O) groups excluding carboxylic acids is 1. The van der Waals surface area contributed by atoms with Crippen LogP contribution in [0.15, 0.2) is 60.8 Å². The molecule has 0 aliphatic carbocycles. The van der Waals surface area contributed by atoms with Gasteiger partial charge in [-0.15, -0.1) is 9.94 Å². The number of ether oxygens (including phenoxy) is 2. The van der Waals surface area contributed by atoms with E-state index in [2.05, 4.69) is 10.4 Å². The third-order valence-corrected chi connectivity index (χ3v) is 5.29. The fourth-order valence-corrected chi connectivity index (χ4v) is 3.38. The molecule has 0 saturated carbocycles. The zero-order chi connectivity index (χ0) is 22.2. The average Bonchev–Trinajstić information content (AvgIpc) is 3.31. The van der Waals surface area contributed by atoms with Crippen LogP contribution in [0.4, 0.5) is 4.39 Å². The van der Waals surface area contributed by atoms with Gasteiger partial charge >= 0.3 is 0 Å². The van der Waals surface area contributed by atoms with Crippen molar-refractivity contribution in [3.8, 4) is 17.0 Å². The van der Waals surface area contributed by atoms with E-state index >= 15 is 0 Å². The molecule has 0 radical (unpaired) electrons. The number of halogens is 1. The van der Waals surface area contributed by atoms with Crippen molar-refractivity contribution in [2.75, 3.05) is 26.4 Å². The van der Waals surface area contributed by atoms with Crippen molar-refractivity contribution in [3.63, 3.8) is 0 Å². The summed E-state index contributed by atoms with van der Waals surface area (Å²) in [5, 5.41) is 7.32. The van der Waals surface area contributed by atoms with E-state index in [9.17, 15) is 9.18 Å². The Morgan fingerprint density at radius 1 is 1.09 bits per heavy atom. The van der Waals surface area contributed by atoms with Gasteiger partial charge in [-0.05, 0) is 66.8 Å². The van der Waals surface area contributed by atoms with Crippen LogP contribution in [0.5, 0.6) is 5.75 Å². The molecule has 2 heterocycles. The zero-order valence-electron chi connectivity index (χ0n) is 17.7. The molecule has 1 fully saturated rings. The molecule has 0 spiro atoms. The minimum Gasteiger partial charge on any atom is -0.484 e. The maximum Gasteiger partial charge on any atom is 0.257 e. The first-order chi connectivity index (χ1) is 15.7. The van der Waals surface area contributed by atoms with Crippen LogP contribution in [0, 0.1) is 11.7 Å². The van der Waals surface area contributed by atoms with E-state index in [0.29, 0.717) is 18.2 Å². The molecule has 1 aliphatic rings. The van der Waals surface area contributed by atoms with Gasteiger partial charge in [-0.2, -0.15) is 0 Å². The van der Waals surface area contributed by atoms with Crippen molar-refractivity contribution in [3.05, 3.63) is 72.2 Å². The van der Waals surface area contributed by atoms with Crippen molar-refractivity contribution in [1.29, 1.82) is 0 Å². The van der Waals surface area contributed by atoms with Gasteiger partial charge in [-0.25, -0.2) is 4.39 Å². The van der Waals surface area contributed by atoms with Crippen LogP contribution in [0.25, 0.3) is 11.3 Å². The number of hydrogen-bond acceptors (Lipinski definition) is 5. The van der Waals surface area contributed by atoms with Crippen LogP contribution in [-0.4, -0.2) is 42.2 Å². The lowest BCUT2D eigenvalue weighted by molar-refractivity contribution is -0.123. The molecule has 1 aliphatic heterocycles. The molecule has 1 saturated heterocycles. The molecule has 1 amide bonds. The Bertz CT molecular complexity index is 999. The minimum absolute atomic E-state index is 0.0194. The fourth-order valence-electron chi connectivity index (χ4n) is 3.38. The van der Waals surface area contributed by atoms with E-state index in [1.165, 1.54) is 17.0 Å². The summed E-state index contributed by atoms with van der Waals surface area (Å²) in [4.78, 5) is 19.0. The molecule has 1 aromatic heterocycles. The highest BCUT2D eigenvalue weighted by Crippen LogP contribution is 2.21. The van der Waals surface area contributed by atoms with E-state index in [0.717, 1.165) is 42.9 Å². The lowest BCUT2D eigenvalue weighted by Crippen LogP contribution is -2.35. The predicted octanol–water partition coefficient (Wildman–Crippen LogP) is 3.24. The smallest absolute Gasteiger partial charge is 0.257 e. The quantitative estimate of drug-likeness (QED) is 0.554. The minimum atomic E-state index is -0.279. The monoisotopic (exact) mass is 439 g/mol. The lowest BCUT2D eigenvalue weighted by Gasteiger charge is -2.22. The number of aromatic nitrogens is 2. The summed E-state index contributed by atoms with van der Waals surface area (Å²) in [6.07, 6.45) is 3.68. The highest BCUT2D eigenvalue weighted by molar-refractivity contribution is 5.77. The van der Waals surface area contributed by atoms with Crippen LogP contribution in [0.3, 0.4) is 0 Å². The molecule has 0 unspecified atom stereocenters. The Hall–Kier alpha value is -3.39. The van der Waals surface area contributed by atoms with Crippen LogP contribution in [-0.2, 0) is 16.1 Å². The molecule has 4 rings (SSSR count). The third-order valence-electron chi connectivity index (χ3n) is 5.29. The number of nitrogens with one attached hydrogen (secondary N) is 1. The van der Waals surface area contributed by atoms with Gasteiger partial charge in [0.15, 0.2) is 6.61 Å². The van der Waals surface area contributed by atoms with Crippen LogP contribution in [0.1, 0.15) is 18.4 Å². The summed E-state index contributed by atoms with van der Waals surface area (Å²) < 4.78 is 23.9. The van der Waals surface area contributed by atoms with E-state index in [-0.39, 0.29) is 24.9 Å². The van der Waals surface area contributed by atoms with Gasteiger partial charge in [0.25, 0.3) is 5.91 Å². The van der Waals surface area contributed by atoms with E-state index < -0.39 is 0 Å². The zero-order valence-corrected chi connectivity index (χ0v) is 17.7. The van der Waals surface area contributed by atoms with Gasteiger partial charge in [0, 0.05) is 25.3 Å². The maximum absolute atomic E-state index is 13.0. The predicted molar refractivity (Wildman–Crippen MR) is 116 cm³/mol. The highest BCUT2D eigenvalue weighted by Gasteiger charge is 2.14. The first kappa shape index (κ1) is 21.8. The van der Waals surface area contributed by atoms with Gasteiger partial charge in [0.05, 0.1) is 11.9 Å². The Balaban J connectivity index is 1.22. The molecule has 32 heavy (non-hydrogen) atoms. The van der Waals surface area contributed by atoms with Crippen molar-refractivity contribution in [2.24, 2.45) is 5.92 Å². The van der Waals surface area contributed by atoms with Crippen LogP contribution in [0.2, 0.25) is 0 Å². The lowest BCUT2D eigenvalue weighted by atomic mass is 10.0. The molecule has 0 atom stereocenters. The Labute approximate surface area is 186 Å². The van der Waals surface area contributed by atoms with Crippen molar-refractivity contribution >= 4 is 5.91 Å². The Morgan fingerprint density at radius 2 is 1.84 bits per heavy atom. The number of rotatable bonds is 9. The summed E-state index contributed by atoms with van der Waals surface area (Å²) >= 11 is 0. The first-order valence-electron chi connectivity index (χ1n) is 10.7. The second kappa shape index (κ2) is 10.8. The third kappa shape index (κ3) is 6.31. The van der Waals surface area contributed by atoms with Crippen LogP contribution >= 0.6 is 0 Å². The summed E-state index contributed by atoms with van der Waals surface area (Å²) in [5.41, 5.74) is 2.48.